The van der Waals surface area contributed by atoms with Gasteiger partial charge in [-0.3, -0.25) is 9.98 Å². The van der Waals surface area contributed by atoms with Gasteiger partial charge in [-0.05, 0) is 33.6 Å². The molecule has 0 atom stereocenters. The van der Waals surface area contributed by atoms with Crippen LogP contribution in [-0.2, 0) is 0 Å². The predicted octanol–water partition coefficient (Wildman–Crippen LogP) is 4.51. The Labute approximate surface area is 96.2 Å². The highest BCUT2D eigenvalue weighted by Gasteiger charge is 1.83. The van der Waals surface area contributed by atoms with E-state index in [9.17, 15) is 0 Å². The lowest BCUT2D eigenvalue weighted by atomic mass is 10.3. The topological polar surface area (TPSA) is 24.7 Å². The first-order valence-corrected chi connectivity index (χ1v) is 5.78. The third-order valence-electron chi connectivity index (χ3n) is 1.07. The van der Waals surface area contributed by atoms with Gasteiger partial charge in [0.05, 0.1) is 0 Å². The molecule has 15 heavy (non-hydrogen) atoms. The van der Waals surface area contributed by atoms with E-state index < -0.39 is 0 Å². The standard InChI is InChI=1S/C8H14N2.C3H8.C2H6/c1-5-10-8(3)6-7(2)9-4;1-3-2;1-2/h6H,4-5H2,1-3H3;3H2,1-2H3;1-2H3/b7-6-,10-8?;;. The van der Waals surface area contributed by atoms with Crippen LogP contribution in [-0.4, -0.2) is 19.0 Å². The minimum absolute atomic E-state index is 0.826. The first-order chi connectivity index (χ1) is 7.12. The van der Waals surface area contributed by atoms with Gasteiger partial charge in [0.1, 0.15) is 0 Å². The fraction of sp³-hybridized carbons (Fsp3) is 0.692. The van der Waals surface area contributed by atoms with Crippen molar-refractivity contribution in [3.8, 4) is 0 Å². The Morgan fingerprint density at radius 1 is 1.13 bits per heavy atom. The minimum atomic E-state index is 0.826. The molecule has 0 heterocycles. The van der Waals surface area contributed by atoms with E-state index in [2.05, 4.69) is 30.5 Å². The molecule has 0 saturated carbocycles. The number of allylic oxidation sites excluding steroid dienone is 2. The molecule has 0 aliphatic carbocycles. The zero-order chi connectivity index (χ0) is 12.7. The Kier molecular flexibility index (Phi) is 24.6. The van der Waals surface area contributed by atoms with Crippen LogP contribution in [0, 0.1) is 0 Å². The van der Waals surface area contributed by atoms with Crippen LogP contribution in [0.1, 0.15) is 54.9 Å². The van der Waals surface area contributed by atoms with Crippen molar-refractivity contribution in [1.82, 2.24) is 0 Å². The maximum absolute atomic E-state index is 4.16. The second-order valence-corrected chi connectivity index (χ2v) is 2.77. The van der Waals surface area contributed by atoms with Crippen molar-refractivity contribution in [3.05, 3.63) is 11.8 Å². The quantitative estimate of drug-likeness (QED) is 0.615. The van der Waals surface area contributed by atoms with Crippen LogP contribution in [0.25, 0.3) is 0 Å². The molecule has 0 amide bonds. The number of hydrogen-bond acceptors (Lipinski definition) is 2. The summed E-state index contributed by atoms with van der Waals surface area (Å²) in [7, 11) is 0. The van der Waals surface area contributed by atoms with Gasteiger partial charge < -0.3 is 0 Å². The summed E-state index contributed by atoms with van der Waals surface area (Å²) in [6.45, 7) is 18.3. The molecule has 0 saturated heterocycles. The summed E-state index contributed by atoms with van der Waals surface area (Å²) >= 11 is 0. The fourth-order valence-corrected chi connectivity index (χ4v) is 0.643. The van der Waals surface area contributed by atoms with Crippen molar-refractivity contribution < 1.29 is 0 Å². The van der Waals surface area contributed by atoms with Crippen molar-refractivity contribution in [2.45, 2.75) is 54.9 Å². The Balaban J connectivity index is -0.000000245. The lowest BCUT2D eigenvalue weighted by Crippen LogP contribution is -1.86. The number of nitrogens with zero attached hydrogens (tertiary/aromatic N) is 2. The third kappa shape index (κ3) is 24.6. The van der Waals surface area contributed by atoms with Crippen LogP contribution in [0.2, 0.25) is 0 Å². The van der Waals surface area contributed by atoms with Gasteiger partial charge in [-0.1, -0.05) is 34.1 Å². The van der Waals surface area contributed by atoms with E-state index in [0.717, 1.165) is 18.0 Å². The molecule has 0 unspecified atom stereocenters. The average molecular weight is 212 g/mol. The van der Waals surface area contributed by atoms with Crippen molar-refractivity contribution in [2.24, 2.45) is 9.98 Å². The molecule has 0 spiro atoms. The Hall–Kier alpha value is -0.920. The van der Waals surface area contributed by atoms with Crippen molar-refractivity contribution >= 4 is 12.4 Å². The van der Waals surface area contributed by atoms with Crippen LogP contribution in [0.4, 0.5) is 0 Å². The molecule has 0 N–H and O–H groups in total. The summed E-state index contributed by atoms with van der Waals surface area (Å²) in [6.07, 6.45) is 3.16. The SMILES string of the molecule is C=N/C(C)=C\C(C)=NCC.CC.CCC. The molecule has 0 radical (unpaired) electrons. The van der Waals surface area contributed by atoms with Crippen molar-refractivity contribution in [3.63, 3.8) is 0 Å². The van der Waals surface area contributed by atoms with E-state index in [4.69, 9.17) is 0 Å². The smallest absolute Gasteiger partial charge is 0.0383 e. The first-order valence-electron chi connectivity index (χ1n) is 5.78. The molecule has 0 aromatic carbocycles. The van der Waals surface area contributed by atoms with Gasteiger partial charge >= 0.3 is 0 Å². The summed E-state index contributed by atoms with van der Waals surface area (Å²) in [4.78, 5) is 7.91. The van der Waals surface area contributed by atoms with Gasteiger partial charge in [0.25, 0.3) is 0 Å². The van der Waals surface area contributed by atoms with Gasteiger partial charge in [-0.15, -0.1) is 0 Å². The molecular weight excluding hydrogens is 184 g/mol. The summed E-state index contributed by atoms with van der Waals surface area (Å²) in [5, 5.41) is 0. The molecule has 0 rings (SSSR count). The van der Waals surface area contributed by atoms with Gasteiger partial charge in [0.15, 0.2) is 0 Å². The summed E-state index contributed by atoms with van der Waals surface area (Å²) < 4.78 is 0. The Morgan fingerprint density at radius 3 is 1.80 bits per heavy atom. The summed E-state index contributed by atoms with van der Waals surface area (Å²) in [6, 6.07) is 0. The van der Waals surface area contributed by atoms with Crippen molar-refractivity contribution in [2.75, 3.05) is 6.54 Å². The zero-order valence-electron chi connectivity index (χ0n) is 11.6. The first kappa shape index (κ1) is 19.6. The lowest BCUT2D eigenvalue weighted by Gasteiger charge is -1.91. The monoisotopic (exact) mass is 212 g/mol. The second-order valence-electron chi connectivity index (χ2n) is 2.77. The van der Waals surface area contributed by atoms with Gasteiger partial charge in [0, 0.05) is 18.0 Å². The largest absolute Gasteiger partial charge is 0.290 e. The van der Waals surface area contributed by atoms with Crippen molar-refractivity contribution in [1.29, 1.82) is 0 Å². The number of hydrogen-bond donors (Lipinski definition) is 0. The highest BCUT2D eigenvalue weighted by molar-refractivity contribution is 5.93. The molecule has 0 fully saturated rings. The molecule has 0 aromatic rings. The Morgan fingerprint density at radius 2 is 1.53 bits per heavy atom. The van der Waals surface area contributed by atoms with Gasteiger partial charge in [0.2, 0.25) is 0 Å². The van der Waals surface area contributed by atoms with E-state index in [-0.39, 0.29) is 0 Å². The molecule has 2 heteroatoms. The summed E-state index contributed by atoms with van der Waals surface area (Å²) in [5.74, 6) is 0. The van der Waals surface area contributed by atoms with Crippen LogP contribution in [0.15, 0.2) is 21.8 Å². The molecule has 0 aliphatic heterocycles. The van der Waals surface area contributed by atoms with Crippen LogP contribution in [0.5, 0.6) is 0 Å². The zero-order valence-corrected chi connectivity index (χ0v) is 11.6. The summed E-state index contributed by atoms with van der Waals surface area (Å²) in [5.41, 5.74) is 1.92. The lowest BCUT2D eigenvalue weighted by molar-refractivity contribution is 1.09. The third-order valence-corrected chi connectivity index (χ3v) is 1.07. The molecule has 0 bridgehead atoms. The fourth-order valence-electron chi connectivity index (χ4n) is 0.643. The van der Waals surface area contributed by atoms with E-state index in [1.807, 2.05) is 40.7 Å². The maximum atomic E-state index is 4.16. The molecule has 90 valence electrons. The molecule has 2 nitrogen and oxygen atoms in total. The van der Waals surface area contributed by atoms with E-state index in [1.54, 1.807) is 0 Å². The van der Waals surface area contributed by atoms with E-state index in [1.165, 1.54) is 6.42 Å². The highest BCUT2D eigenvalue weighted by atomic mass is 14.7. The number of aliphatic imine (C=N–C) groups is 2. The predicted molar refractivity (Wildman–Crippen MR) is 74.3 cm³/mol. The van der Waals surface area contributed by atoms with Crippen LogP contribution < -0.4 is 0 Å². The van der Waals surface area contributed by atoms with E-state index in [0.29, 0.717) is 0 Å². The van der Waals surface area contributed by atoms with Crippen LogP contribution in [0.3, 0.4) is 0 Å². The van der Waals surface area contributed by atoms with E-state index >= 15 is 0 Å². The molecule has 0 aliphatic rings. The minimum Gasteiger partial charge on any atom is -0.290 e. The van der Waals surface area contributed by atoms with Crippen LogP contribution >= 0.6 is 0 Å². The highest BCUT2D eigenvalue weighted by Crippen LogP contribution is 1.93. The average Bonchev–Trinajstić information content (AvgIpc) is 2.22. The maximum Gasteiger partial charge on any atom is 0.0383 e. The van der Waals surface area contributed by atoms with Gasteiger partial charge in [-0.25, -0.2) is 0 Å². The molecular formula is C13H28N2. The van der Waals surface area contributed by atoms with Gasteiger partial charge in [-0.2, -0.15) is 0 Å². The Bertz CT molecular complexity index is 179. The molecule has 0 aromatic heterocycles. The number of rotatable bonds is 3. The normalized spacial score (nSPS) is 10.6. The second kappa shape index (κ2) is 18.8.